The number of rotatable bonds is 11. The van der Waals surface area contributed by atoms with Crippen molar-refractivity contribution in [2.75, 3.05) is 24.7 Å². The van der Waals surface area contributed by atoms with E-state index in [0.29, 0.717) is 31.1 Å². The van der Waals surface area contributed by atoms with E-state index in [1.165, 1.54) is 24.7 Å². The molecule has 0 unspecified atom stereocenters. The van der Waals surface area contributed by atoms with Gasteiger partial charge in [-0.1, -0.05) is 69.4 Å². The normalized spacial score (nSPS) is 17.7. The SMILES string of the molecule is C.C.CC.CC.CC(C)(C)c1ccc2nc(CCCCN(C[C@@H]3CC[C@H](n4ccc5c(NC6CC6)ncnc54)C3)S(C)(=O)=O)[nH]c2c1. The van der Waals surface area contributed by atoms with E-state index in [9.17, 15) is 8.42 Å². The van der Waals surface area contributed by atoms with E-state index in [2.05, 4.69) is 76.1 Å². The molecule has 0 saturated heterocycles. The Labute approximate surface area is 285 Å². The molecule has 0 spiro atoms. The van der Waals surface area contributed by atoms with Crippen molar-refractivity contribution in [1.29, 1.82) is 0 Å². The highest BCUT2D eigenvalue weighted by Crippen LogP contribution is 2.38. The molecule has 0 aliphatic heterocycles. The van der Waals surface area contributed by atoms with Crippen molar-refractivity contribution in [3.05, 3.63) is 48.2 Å². The van der Waals surface area contributed by atoms with Crippen LogP contribution in [0.1, 0.15) is 126 Å². The summed E-state index contributed by atoms with van der Waals surface area (Å²) >= 11 is 0. The maximum Gasteiger partial charge on any atom is 0.211 e. The van der Waals surface area contributed by atoms with Gasteiger partial charge in [-0.2, -0.15) is 0 Å². The molecule has 6 rings (SSSR count). The van der Waals surface area contributed by atoms with Crippen LogP contribution >= 0.6 is 0 Å². The summed E-state index contributed by atoms with van der Waals surface area (Å²) in [6.45, 7) is 15.8. The van der Waals surface area contributed by atoms with E-state index in [1.54, 1.807) is 10.6 Å². The Morgan fingerprint density at radius 2 is 1.72 bits per heavy atom. The number of hydrogen-bond acceptors (Lipinski definition) is 6. The summed E-state index contributed by atoms with van der Waals surface area (Å²) in [7, 11) is -3.28. The number of aromatic amines is 1. The maximum absolute atomic E-state index is 12.7. The van der Waals surface area contributed by atoms with Gasteiger partial charge < -0.3 is 14.9 Å². The molecule has 1 aromatic carbocycles. The summed E-state index contributed by atoms with van der Waals surface area (Å²) < 4.78 is 29.4. The van der Waals surface area contributed by atoms with E-state index in [1.807, 2.05) is 27.7 Å². The quantitative estimate of drug-likeness (QED) is 0.154. The van der Waals surface area contributed by atoms with Gasteiger partial charge in [0.05, 0.1) is 22.7 Å². The summed E-state index contributed by atoms with van der Waals surface area (Å²) in [5.74, 6) is 2.23. The van der Waals surface area contributed by atoms with Gasteiger partial charge in [0.15, 0.2) is 0 Å². The van der Waals surface area contributed by atoms with Gasteiger partial charge in [0.25, 0.3) is 0 Å². The first kappa shape index (κ1) is 40.2. The van der Waals surface area contributed by atoms with Crippen LogP contribution in [0.15, 0.2) is 36.8 Å². The number of anilines is 1. The second-order valence-corrected chi connectivity index (χ2v) is 15.2. The van der Waals surface area contributed by atoms with Crippen molar-refractivity contribution in [3.8, 4) is 0 Å². The highest BCUT2D eigenvalue weighted by Gasteiger charge is 2.31. The van der Waals surface area contributed by atoms with Crippen molar-refractivity contribution in [2.45, 2.75) is 132 Å². The van der Waals surface area contributed by atoms with Gasteiger partial charge in [-0.3, -0.25) is 0 Å². The molecule has 2 N–H and O–H groups in total. The molecule has 2 atom stereocenters. The fraction of sp³-hybridized carbons (Fsp3) is 0.649. The van der Waals surface area contributed by atoms with Gasteiger partial charge in [0, 0.05) is 37.8 Å². The maximum atomic E-state index is 12.7. The van der Waals surface area contributed by atoms with Crippen LogP contribution in [0.3, 0.4) is 0 Å². The molecule has 9 nitrogen and oxygen atoms in total. The molecule has 2 aliphatic carbocycles. The third-order valence-corrected chi connectivity index (χ3v) is 10.0. The van der Waals surface area contributed by atoms with Gasteiger partial charge in [0.2, 0.25) is 10.0 Å². The van der Waals surface area contributed by atoms with Crippen LogP contribution < -0.4 is 5.32 Å². The molecule has 4 aromatic rings. The van der Waals surface area contributed by atoms with E-state index in [-0.39, 0.29) is 20.3 Å². The van der Waals surface area contributed by atoms with Crippen LogP contribution in [-0.4, -0.2) is 62.6 Å². The zero-order valence-corrected chi connectivity index (χ0v) is 29.5. The van der Waals surface area contributed by atoms with E-state index in [4.69, 9.17) is 4.98 Å². The number of sulfonamides is 1. The second-order valence-electron chi connectivity index (χ2n) is 13.2. The fourth-order valence-corrected chi connectivity index (χ4v) is 7.12. The fourth-order valence-electron chi connectivity index (χ4n) is 6.18. The molecule has 2 saturated carbocycles. The number of unbranched alkanes of at least 4 members (excludes halogenated alkanes) is 1. The molecule has 3 heterocycles. The van der Waals surface area contributed by atoms with E-state index in [0.717, 1.165) is 72.2 Å². The van der Waals surface area contributed by atoms with Crippen molar-refractivity contribution < 1.29 is 8.42 Å². The lowest BCUT2D eigenvalue weighted by molar-refractivity contribution is 0.334. The summed E-state index contributed by atoms with van der Waals surface area (Å²) in [6.07, 6.45) is 13.0. The Balaban J connectivity index is 0.00000123. The van der Waals surface area contributed by atoms with Crippen LogP contribution in [0.5, 0.6) is 0 Å². The Morgan fingerprint density at radius 3 is 2.38 bits per heavy atom. The highest BCUT2D eigenvalue weighted by atomic mass is 32.2. The molecule has 10 heteroatoms. The van der Waals surface area contributed by atoms with Gasteiger partial charge in [0.1, 0.15) is 23.6 Å². The largest absolute Gasteiger partial charge is 0.367 e. The van der Waals surface area contributed by atoms with E-state index >= 15 is 0 Å². The molecule has 2 aliphatic rings. The summed E-state index contributed by atoms with van der Waals surface area (Å²) in [4.78, 5) is 17.3. The molecular weight excluding hydrogens is 607 g/mol. The minimum absolute atomic E-state index is 0. The van der Waals surface area contributed by atoms with Crippen molar-refractivity contribution in [2.24, 2.45) is 5.92 Å². The van der Waals surface area contributed by atoms with Crippen molar-refractivity contribution in [3.63, 3.8) is 0 Å². The third kappa shape index (κ3) is 10.3. The van der Waals surface area contributed by atoms with Crippen LogP contribution in [0.2, 0.25) is 0 Å². The van der Waals surface area contributed by atoms with Gasteiger partial charge in [-0.15, -0.1) is 0 Å². The number of aryl methyl sites for hydroxylation is 1. The molecular formula is C37H63N7O2S. The van der Waals surface area contributed by atoms with Gasteiger partial charge in [-0.25, -0.2) is 27.7 Å². The first-order valence-electron chi connectivity index (χ1n) is 17.1. The predicted molar refractivity (Wildman–Crippen MR) is 201 cm³/mol. The van der Waals surface area contributed by atoms with Crippen LogP contribution in [0.4, 0.5) is 5.82 Å². The van der Waals surface area contributed by atoms with Gasteiger partial charge >= 0.3 is 0 Å². The lowest BCUT2D eigenvalue weighted by atomic mass is 9.87. The monoisotopic (exact) mass is 669 g/mol. The third-order valence-electron chi connectivity index (χ3n) is 8.73. The molecule has 47 heavy (non-hydrogen) atoms. The number of hydrogen-bond donors (Lipinski definition) is 2. The lowest BCUT2D eigenvalue weighted by Crippen LogP contribution is -2.35. The number of nitrogens with zero attached hydrogens (tertiary/aromatic N) is 5. The van der Waals surface area contributed by atoms with Crippen LogP contribution in [-0.2, 0) is 21.9 Å². The molecule has 3 aromatic heterocycles. The van der Waals surface area contributed by atoms with Crippen molar-refractivity contribution >= 4 is 37.9 Å². The first-order valence-corrected chi connectivity index (χ1v) is 18.9. The molecule has 0 radical (unpaired) electrons. The summed E-state index contributed by atoms with van der Waals surface area (Å²) in [5, 5.41) is 4.59. The Bertz CT molecular complexity index is 1630. The zero-order chi connectivity index (χ0) is 32.8. The number of H-pyrrole nitrogens is 1. The zero-order valence-electron chi connectivity index (χ0n) is 28.7. The molecule has 0 bridgehead atoms. The standard InChI is InChI=1S/C31H43N7O2S.2C2H6.2CH4/c1-31(2,3)22-9-13-26-27(18-22)36-28(35-26)7-5-6-15-37(41(4,39)40)19-21-8-12-24(17-21)38-16-14-25-29(34-23-10-11-23)32-20-33-30(25)38;2*1-2;;/h9,13-14,16,18,20-21,23-24H,5-8,10-12,15,17,19H2,1-4H3,(H,35,36)(H,32,33,34);2*1-2H3;2*1H4/t21-,24+;;;;/m1..../s1. The molecule has 264 valence electrons. The number of aromatic nitrogens is 5. The number of benzene rings is 1. The Kier molecular flexibility index (Phi) is 14.9. The Morgan fingerprint density at radius 1 is 1.00 bits per heavy atom. The number of nitrogens with one attached hydrogen (secondary N) is 2. The average Bonchev–Trinajstić information content (AvgIpc) is 3.36. The summed E-state index contributed by atoms with van der Waals surface area (Å²) in [5.41, 5.74) is 4.40. The highest BCUT2D eigenvalue weighted by molar-refractivity contribution is 7.88. The van der Waals surface area contributed by atoms with Gasteiger partial charge in [-0.05, 0) is 80.0 Å². The predicted octanol–water partition coefficient (Wildman–Crippen LogP) is 9.13. The smallest absolute Gasteiger partial charge is 0.211 e. The number of imidazole rings is 1. The van der Waals surface area contributed by atoms with Crippen LogP contribution in [0.25, 0.3) is 22.1 Å². The lowest BCUT2D eigenvalue weighted by Gasteiger charge is -2.23. The number of fused-ring (bicyclic) bond motifs is 2. The molecule has 2 fully saturated rings. The van der Waals surface area contributed by atoms with Crippen LogP contribution in [0, 0.1) is 5.92 Å². The second kappa shape index (κ2) is 17.4. The minimum Gasteiger partial charge on any atom is -0.367 e. The topological polar surface area (TPSA) is 109 Å². The first-order chi connectivity index (χ1) is 21.5. The minimum atomic E-state index is -3.28. The van der Waals surface area contributed by atoms with E-state index < -0.39 is 10.0 Å². The Hall–Kier alpha value is -2.98. The average molecular weight is 670 g/mol. The summed E-state index contributed by atoms with van der Waals surface area (Å²) in [6, 6.07) is 9.41. The molecule has 0 amide bonds. The van der Waals surface area contributed by atoms with Crippen molar-refractivity contribution in [1.82, 2.24) is 28.8 Å².